The maximum atomic E-state index is 14.0. The Hall–Kier alpha value is -3.76. The zero-order chi connectivity index (χ0) is 30.4. The van der Waals surface area contributed by atoms with Crippen LogP contribution in [0.4, 0.5) is 4.79 Å². The first-order valence-corrected chi connectivity index (χ1v) is 15.1. The predicted octanol–water partition coefficient (Wildman–Crippen LogP) is 6.37. The van der Waals surface area contributed by atoms with Gasteiger partial charge in [0.05, 0.1) is 23.7 Å². The molecular weight excluding hydrogens is 574 g/mol. The Morgan fingerprint density at radius 2 is 1.81 bits per heavy atom. The summed E-state index contributed by atoms with van der Waals surface area (Å²) in [6, 6.07) is 15.9. The molecule has 11 heteroatoms. The quantitative estimate of drug-likeness (QED) is 0.209. The lowest BCUT2D eigenvalue weighted by Crippen LogP contribution is -2.41. The first-order valence-electron chi connectivity index (χ1n) is 13.9. The largest absolute Gasteiger partial charge is 0.444 e. The summed E-state index contributed by atoms with van der Waals surface area (Å²) in [4.78, 5) is 47.3. The third-order valence-corrected chi connectivity index (χ3v) is 7.72. The van der Waals surface area contributed by atoms with Crippen molar-refractivity contribution in [2.75, 3.05) is 13.1 Å². The Bertz CT molecular complexity index is 1600. The number of alkyl carbamates (subject to hydrolysis) is 1. The van der Waals surface area contributed by atoms with E-state index in [1.807, 2.05) is 37.3 Å². The summed E-state index contributed by atoms with van der Waals surface area (Å²) in [5.74, 6) is 0.266. The van der Waals surface area contributed by atoms with Crippen LogP contribution in [-0.2, 0) is 11.3 Å². The highest BCUT2D eigenvalue weighted by molar-refractivity contribution is 7.12. The minimum Gasteiger partial charge on any atom is -0.444 e. The zero-order valence-electron chi connectivity index (χ0n) is 24.5. The van der Waals surface area contributed by atoms with Gasteiger partial charge in [-0.3, -0.25) is 14.2 Å². The van der Waals surface area contributed by atoms with E-state index in [2.05, 4.69) is 9.69 Å². The van der Waals surface area contributed by atoms with Crippen LogP contribution >= 0.6 is 23.1 Å². The molecule has 1 N–H and O–H groups in total. The van der Waals surface area contributed by atoms with Gasteiger partial charge in [-0.05, 0) is 81.9 Å². The summed E-state index contributed by atoms with van der Waals surface area (Å²) in [5, 5.41) is 3.78. The second kappa shape index (κ2) is 13.5. The van der Waals surface area contributed by atoms with Gasteiger partial charge in [0, 0.05) is 23.7 Å². The molecule has 4 rings (SSSR count). The molecule has 0 bridgehead atoms. The molecular formula is C31H36ClN5O4S. The summed E-state index contributed by atoms with van der Waals surface area (Å²) in [5.41, 5.74) is 1.24. The fourth-order valence-electron chi connectivity index (χ4n) is 4.71. The number of carbonyl (C=O) groups excluding carboxylic acids is 2. The molecule has 1 atom stereocenters. The van der Waals surface area contributed by atoms with Crippen molar-refractivity contribution in [2.45, 2.75) is 65.6 Å². The van der Waals surface area contributed by atoms with Crippen LogP contribution < -0.4 is 10.9 Å². The highest BCUT2D eigenvalue weighted by Gasteiger charge is 2.30. The van der Waals surface area contributed by atoms with Gasteiger partial charge in [0.2, 0.25) is 0 Å². The van der Waals surface area contributed by atoms with Crippen molar-refractivity contribution in [3.05, 3.63) is 92.6 Å². The predicted molar refractivity (Wildman–Crippen MR) is 166 cm³/mol. The lowest BCUT2D eigenvalue weighted by Gasteiger charge is -2.32. The molecule has 0 aliphatic rings. The van der Waals surface area contributed by atoms with Crippen LogP contribution in [0.3, 0.4) is 0 Å². The molecule has 4 aromatic rings. The third-order valence-electron chi connectivity index (χ3n) is 6.64. The molecule has 0 aliphatic carbocycles. The SMILES string of the molecule is CCC(c1nc2snc(C)c2c(=O)n1Cc1ccccc1)N(CCCNC(=O)OC(C)(C)C)C(=O)c1ccc(Cl)cc1. The van der Waals surface area contributed by atoms with Gasteiger partial charge in [0.25, 0.3) is 11.5 Å². The minimum atomic E-state index is -0.615. The molecule has 2 amide bonds. The average molecular weight is 610 g/mol. The van der Waals surface area contributed by atoms with Gasteiger partial charge in [0.1, 0.15) is 11.4 Å². The standard InChI is InChI=1S/C31H36ClN5O4S/c1-6-24(26-34-27-25(20(2)35-42-27)29(39)37(26)19-21-11-8-7-9-12-21)36(28(38)22-13-15-23(32)16-14-22)18-10-17-33-30(40)41-31(3,4)5/h7-9,11-16,24H,6,10,17-19H2,1-5H3,(H,33,40). The van der Waals surface area contributed by atoms with Crippen LogP contribution in [0.25, 0.3) is 10.2 Å². The van der Waals surface area contributed by atoms with Crippen molar-refractivity contribution < 1.29 is 14.3 Å². The number of rotatable bonds is 10. The number of ether oxygens (including phenoxy) is 1. The molecule has 0 spiro atoms. The molecule has 2 aromatic carbocycles. The van der Waals surface area contributed by atoms with Crippen LogP contribution in [0.5, 0.6) is 0 Å². The summed E-state index contributed by atoms with van der Waals surface area (Å²) in [6.07, 6.45) is 0.443. The molecule has 2 heterocycles. The number of hydrogen-bond donors (Lipinski definition) is 1. The molecule has 0 aliphatic heterocycles. The van der Waals surface area contributed by atoms with Crippen LogP contribution in [0.1, 0.15) is 74.0 Å². The number of fused-ring (bicyclic) bond motifs is 1. The van der Waals surface area contributed by atoms with E-state index >= 15 is 0 Å². The Kier molecular flexibility index (Phi) is 10.0. The van der Waals surface area contributed by atoms with Crippen molar-refractivity contribution in [1.29, 1.82) is 0 Å². The number of halogens is 1. The van der Waals surface area contributed by atoms with E-state index in [1.165, 1.54) is 11.5 Å². The monoisotopic (exact) mass is 609 g/mol. The Morgan fingerprint density at radius 3 is 2.45 bits per heavy atom. The lowest BCUT2D eigenvalue weighted by atomic mass is 10.1. The highest BCUT2D eigenvalue weighted by atomic mass is 35.5. The van der Waals surface area contributed by atoms with Gasteiger partial charge < -0.3 is 15.0 Å². The normalized spacial score (nSPS) is 12.2. The Balaban J connectivity index is 1.73. The molecule has 0 saturated carbocycles. The first-order chi connectivity index (χ1) is 20.0. The van der Waals surface area contributed by atoms with Gasteiger partial charge in [-0.15, -0.1) is 0 Å². The fraction of sp³-hybridized carbons (Fsp3) is 0.387. The van der Waals surface area contributed by atoms with Crippen molar-refractivity contribution in [3.63, 3.8) is 0 Å². The number of nitrogens with one attached hydrogen (secondary N) is 1. The molecule has 0 fully saturated rings. The van der Waals surface area contributed by atoms with E-state index in [4.69, 9.17) is 21.3 Å². The third kappa shape index (κ3) is 7.54. The molecule has 1 unspecified atom stereocenters. The van der Waals surface area contributed by atoms with Gasteiger partial charge in [0.15, 0.2) is 4.83 Å². The Morgan fingerprint density at radius 1 is 1.12 bits per heavy atom. The highest BCUT2D eigenvalue weighted by Crippen LogP contribution is 2.28. The maximum Gasteiger partial charge on any atom is 0.407 e. The van der Waals surface area contributed by atoms with Crippen LogP contribution in [0, 0.1) is 6.92 Å². The van der Waals surface area contributed by atoms with Crippen molar-refractivity contribution >= 4 is 45.4 Å². The second-order valence-electron chi connectivity index (χ2n) is 11.0. The minimum absolute atomic E-state index is 0.186. The molecule has 42 heavy (non-hydrogen) atoms. The summed E-state index contributed by atoms with van der Waals surface area (Å²) in [7, 11) is 0. The van der Waals surface area contributed by atoms with Crippen LogP contribution in [0.2, 0.25) is 5.02 Å². The first kappa shape index (κ1) is 31.2. The van der Waals surface area contributed by atoms with E-state index in [0.717, 1.165) is 5.56 Å². The lowest BCUT2D eigenvalue weighted by molar-refractivity contribution is 0.0523. The number of aryl methyl sites for hydroxylation is 1. The second-order valence-corrected chi connectivity index (χ2v) is 12.2. The summed E-state index contributed by atoms with van der Waals surface area (Å²) in [6.45, 7) is 10.1. The van der Waals surface area contributed by atoms with E-state index in [-0.39, 0.29) is 11.5 Å². The van der Waals surface area contributed by atoms with Crippen molar-refractivity contribution in [3.8, 4) is 0 Å². The molecule has 222 valence electrons. The van der Waals surface area contributed by atoms with E-state index < -0.39 is 17.7 Å². The van der Waals surface area contributed by atoms with Gasteiger partial charge >= 0.3 is 6.09 Å². The van der Waals surface area contributed by atoms with Gasteiger partial charge in [-0.1, -0.05) is 48.9 Å². The number of carbonyl (C=O) groups is 2. The van der Waals surface area contributed by atoms with Crippen LogP contribution in [-0.4, -0.2) is 49.5 Å². The van der Waals surface area contributed by atoms with Gasteiger partial charge in [-0.2, -0.15) is 4.37 Å². The fourth-order valence-corrected chi connectivity index (χ4v) is 5.61. The number of nitrogens with zero attached hydrogens (tertiary/aromatic N) is 4. The zero-order valence-corrected chi connectivity index (χ0v) is 26.1. The Labute approximate surface area is 254 Å². The van der Waals surface area contributed by atoms with E-state index in [0.29, 0.717) is 64.8 Å². The van der Waals surface area contributed by atoms with Crippen LogP contribution in [0.15, 0.2) is 59.4 Å². The maximum absolute atomic E-state index is 14.0. The smallest absolute Gasteiger partial charge is 0.407 e. The van der Waals surface area contributed by atoms with Gasteiger partial charge in [-0.25, -0.2) is 9.78 Å². The summed E-state index contributed by atoms with van der Waals surface area (Å²) >= 11 is 7.28. The topological polar surface area (TPSA) is 106 Å². The van der Waals surface area contributed by atoms with E-state index in [9.17, 15) is 14.4 Å². The molecule has 0 saturated heterocycles. The average Bonchev–Trinajstić information content (AvgIpc) is 3.32. The van der Waals surface area contributed by atoms with Crippen molar-refractivity contribution in [1.82, 2.24) is 24.1 Å². The molecule has 2 aromatic heterocycles. The number of benzene rings is 2. The number of aromatic nitrogens is 3. The number of hydrogen-bond acceptors (Lipinski definition) is 7. The van der Waals surface area contributed by atoms with E-state index in [1.54, 1.807) is 61.4 Å². The molecule has 9 nitrogen and oxygen atoms in total. The molecule has 0 radical (unpaired) electrons. The van der Waals surface area contributed by atoms with Crippen molar-refractivity contribution in [2.24, 2.45) is 0 Å². The summed E-state index contributed by atoms with van der Waals surface area (Å²) < 4.78 is 11.4. The number of amides is 2.